The highest BCUT2D eigenvalue weighted by Gasteiger charge is 2.42. The summed E-state index contributed by atoms with van der Waals surface area (Å²) in [6.45, 7) is 9.44. The molecular weight excluding hydrogens is 394 g/mol. The van der Waals surface area contributed by atoms with Crippen LogP contribution in [0.1, 0.15) is 36.3 Å². The Bertz CT molecular complexity index is 894. The number of piperazine rings is 1. The molecule has 2 heterocycles. The Morgan fingerprint density at radius 3 is 2.83 bits per heavy atom. The van der Waals surface area contributed by atoms with Gasteiger partial charge in [0, 0.05) is 44.5 Å². The van der Waals surface area contributed by atoms with Crippen molar-refractivity contribution >= 4 is 23.0 Å². The molecule has 2 aliphatic heterocycles. The van der Waals surface area contributed by atoms with E-state index in [1.54, 1.807) is 0 Å². The predicted molar refractivity (Wildman–Crippen MR) is 125 cm³/mol. The van der Waals surface area contributed by atoms with Crippen LogP contribution >= 0.6 is 11.6 Å². The number of benzene rings is 2. The van der Waals surface area contributed by atoms with Gasteiger partial charge in [0.05, 0.1) is 17.3 Å². The van der Waals surface area contributed by atoms with E-state index < -0.39 is 0 Å². The zero-order chi connectivity index (χ0) is 20.5. The Labute approximate surface area is 185 Å². The number of fused-ring (bicyclic) bond motifs is 3. The van der Waals surface area contributed by atoms with Gasteiger partial charge in [-0.15, -0.1) is 0 Å². The van der Waals surface area contributed by atoms with Gasteiger partial charge in [0.2, 0.25) is 0 Å². The highest BCUT2D eigenvalue weighted by molar-refractivity contribution is 6.34. The first-order chi connectivity index (χ1) is 14.7. The van der Waals surface area contributed by atoms with E-state index in [4.69, 9.17) is 16.3 Å². The number of ether oxygens (including phenoxy) is 1. The summed E-state index contributed by atoms with van der Waals surface area (Å²) in [6, 6.07) is 12.9. The second kappa shape index (κ2) is 8.68. The topological polar surface area (TPSA) is 27.7 Å². The summed E-state index contributed by atoms with van der Waals surface area (Å²) in [5.41, 5.74) is 5.12. The molecule has 1 saturated heterocycles. The molecule has 0 amide bonds. The van der Waals surface area contributed by atoms with Gasteiger partial charge >= 0.3 is 0 Å². The van der Waals surface area contributed by atoms with Crippen LogP contribution in [0, 0.1) is 12.8 Å². The van der Waals surface area contributed by atoms with Crippen molar-refractivity contribution in [3.8, 4) is 5.75 Å². The standard InChI is InChI=1S/C25H32ClN3O/c1-18-5-4-6-24(25(18)26)29-12-10-28(11-13-29)9-2-3-14-30-20-7-8-21-22-15-19(22)17-27-23(21)16-20/h4-8,16,19,22,27H,2-3,9-15,17H2,1H3. The Balaban J connectivity index is 1.01. The summed E-state index contributed by atoms with van der Waals surface area (Å²) in [4.78, 5) is 4.98. The molecule has 4 nitrogen and oxygen atoms in total. The highest BCUT2D eigenvalue weighted by atomic mass is 35.5. The maximum atomic E-state index is 6.51. The first-order valence-electron chi connectivity index (χ1n) is 11.4. The number of halogens is 1. The van der Waals surface area contributed by atoms with Gasteiger partial charge in [-0.25, -0.2) is 0 Å². The second-order valence-corrected chi connectivity index (χ2v) is 9.40. The SMILES string of the molecule is Cc1cccc(N2CCN(CCCCOc3ccc4c(c3)NCC3CC43)CC2)c1Cl. The van der Waals surface area contributed by atoms with Crippen LogP contribution < -0.4 is 15.0 Å². The van der Waals surface area contributed by atoms with Crippen LogP contribution in [0.25, 0.3) is 0 Å². The first kappa shape index (κ1) is 20.0. The largest absolute Gasteiger partial charge is 0.494 e. The van der Waals surface area contributed by atoms with E-state index in [-0.39, 0.29) is 0 Å². The molecule has 0 spiro atoms. The fourth-order valence-electron chi connectivity index (χ4n) is 4.91. The number of hydrogen-bond acceptors (Lipinski definition) is 4. The van der Waals surface area contributed by atoms with Crippen LogP contribution in [0.3, 0.4) is 0 Å². The average Bonchev–Trinajstić information content (AvgIpc) is 3.56. The lowest BCUT2D eigenvalue weighted by atomic mass is 10.0. The summed E-state index contributed by atoms with van der Waals surface area (Å²) < 4.78 is 6.03. The van der Waals surface area contributed by atoms with E-state index in [1.165, 1.54) is 29.8 Å². The quantitative estimate of drug-likeness (QED) is 0.620. The zero-order valence-corrected chi connectivity index (χ0v) is 18.6. The normalized spacial score (nSPS) is 22.8. The summed E-state index contributed by atoms with van der Waals surface area (Å²) >= 11 is 6.51. The molecular formula is C25H32ClN3O. The summed E-state index contributed by atoms with van der Waals surface area (Å²) in [6.07, 6.45) is 3.63. The minimum Gasteiger partial charge on any atom is -0.494 e. The Hall–Kier alpha value is -1.91. The summed E-state index contributed by atoms with van der Waals surface area (Å²) in [5.74, 6) is 2.68. The molecule has 30 heavy (non-hydrogen) atoms. The van der Waals surface area contributed by atoms with E-state index in [0.29, 0.717) is 0 Å². The third kappa shape index (κ3) is 4.26. The molecule has 1 aliphatic carbocycles. The van der Waals surface area contributed by atoms with E-state index in [2.05, 4.69) is 58.4 Å². The summed E-state index contributed by atoms with van der Waals surface area (Å²) in [7, 11) is 0. The molecule has 2 atom stereocenters. The van der Waals surface area contributed by atoms with E-state index in [1.807, 2.05) is 0 Å². The van der Waals surface area contributed by atoms with Crippen LogP contribution in [-0.4, -0.2) is 50.8 Å². The molecule has 2 fully saturated rings. The second-order valence-electron chi connectivity index (χ2n) is 9.02. The fraction of sp³-hybridized carbons (Fsp3) is 0.520. The van der Waals surface area contributed by atoms with Crippen molar-refractivity contribution in [2.24, 2.45) is 5.92 Å². The van der Waals surface area contributed by atoms with Crippen LogP contribution in [0.2, 0.25) is 5.02 Å². The van der Waals surface area contributed by atoms with Crippen LogP contribution in [-0.2, 0) is 0 Å². The van der Waals surface area contributed by atoms with Crippen molar-refractivity contribution in [1.29, 1.82) is 0 Å². The molecule has 0 bridgehead atoms. The van der Waals surface area contributed by atoms with Crippen molar-refractivity contribution in [2.75, 3.05) is 56.1 Å². The Morgan fingerprint density at radius 2 is 1.97 bits per heavy atom. The van der Waals surface area contributed by atoms with Crippen LogP contribution in [0.5, 0.6) is 5.75 Å². The number of nitrogens with zero attached hydrogens (tertiary/aromatic N) is 2. The number of aryl methyl sites for hydroxylation is 1. The van der Waals surface area contributed by atoms with Crippen molar-refractivity contribution in [3.05, 3.63) is 52.5 Å². The lowest BCUT2D eigenvalue weighted by Crippen LogP contribution is -2.46. The Kier molecular flexibility index (Phi) is 5.79. The van der Waals surface area contributed by atoms with Crippen molar-refractivity contribution in [1.82, 2.24) is 4.90 Å². The minimum atomic E-state index is 0.795. The van der Waals surface area contributed by atoms with Crippen molar-refractivity contribution in [3.63, 3.8) is 0 Å². The van der Waals surface area contributed by atoms with Gasteiger partial charge in [-0.2, -0.15) is 0 Å². The molecule has 2 unspecified atom stereocenters. The maximum absolute atomic E-state index is 6.51. The average molecular weight is 426 g/mol. The smallest absolute Gasteiger partial charge is 0.121 e. The number of unbranched alkanes of at least 4 members (excludes halogenated alkanes) is 1. The molecule has 1 saturated carbocycles. The van der Waals surface area contributed by atoms with Gasteiger partial charge in [0.15, 0.2) is 0 Å². The lowest BCUT2D eigenvalue weighted by Gasteiger charge is -2.36. The molecule has 160 valence electrons. The molecule has 2 aromatic carbocycles. The van der Waals surface area contributed by atoms with E-state index in [9.17, 15) is 0 Å². The number of rotatable bonds is 7. The third-order valence-electron chi connectivity index (χ3n) is 6.92. The van der Waals surface area contributed by atoms with E-state index >= 15 is 0 Å². The predicted octanol–water partition coefficient (Wildman–Crippen LogP) is 5.16. The minimum absolute atomic E-state index is 0.795. The number of nitrogens with one attached hydrogen (secondary N) is 1. The third-order valence-corrected chi connectivity index (χ3v) is 7.42. The van der Waals surface area contributed by atoms with Crippen LogP contribution in [0.15, 0.2) is 36.4 Å². The molecule has 2 aromatic rings. The van der Waals surface area contributed by atoms with Gasteiger partial charge in [0.1, 0.15) is 5.75 Å². The van der Waals surface area contributed by atoms with Gasteiger partial charge in [-0.1, -0.05) is 29.8 Å². The van der Waals surface area contributed by atoms with Gasteiger partial charge in [0.25, 0.3) is 0 Å². The molecule has 5 rings (SSSR count). The fourth-order valence-corrected chi connectivity index (χ4v) is 5.16. The number of hydrogen-bond donors (Lipinski definition) is 1. The molecule has 3 aliphatic rings. The molecule has 0 radical (unpaired) electrons. The van der Waals surface area contributed by atoms with Crippen molar-refractivity contribution < 1.29 is 4.74 Å². The monoisotopic (exact) mass is 425 g/mol. The zero-order valence-electron chi connectivity index (χ0n) is 17.9. The highest BCUT2D eigenvalue weighted by Crippen LogP contribution is 2.53. The molecule has 5 heteroatoms. The molecule has 0 aromatic heterocycles. The molecule has 1 N–H and O–H groups in total. The summed E-state index contributed by atoms with van der Waals surface area (Å²) in [5, 5.41) is 4.46. The van der Waals surface area contributed by atoms with Gasteiger partial charge < -0.3 is 15.0 Å². The van der Waals surface area contributed by atoms with E-state index in [0.717, 1.165) is 80.5 Å². The maximum Gasteiger partial charge on any atom is 0.121 e. The lowest BCUT2D eigenvalue weighted by molar-refractivity contribution is 0.238. The first-order valence-corrected chi connectivity index (χ1v) is 11.8. The number of anilines is 2. The van der Waals surface area contributed by atoms with Gasteiger partial charge in [-0.05, 0) is 67.8 Å². The van der Waals surface area contributed by atoms with Gasteiger partial charge in [-0.3, -0.25) is 4.90 Å². The Morgan fingerprint density at radius 1 is 1.10 bits per heavy atom. The van der Waals surface area contributed by atoms with Crippen LogP contribution in [0.4, 0.5) is 11.4 Å². The van der Waals surface area contributed by atoms with Crippen molar-refractivity contribution in [2.45, 2.75) is 32.1 Å².